The van der Waals surface area contributed by atoms with Gasteiger partial charge in [0.25, 0.3) is 5.89 Å². The van der Waals surface area contributed by atoms with Crippen molar-refractivity contribution >= 4 is 6.08 Å². The standard InChI is InChI=1S/C20H19FN2O3/c1-13(2)10-19-22-20(23-26-19)15-6-9-17(18(11-15)24-3)25-12-14-4-7-16(21)8-5-14/h4-11H,12H2,1-3H3. The van der Waals surface area contributed by atoms with Gasteiger partial charge in [-0.2, -0.15) is 4.98 Å². The van der Waals surface area contributed by atoms with Gasteiger partial charge < -0.3 is 14.0 Å². The predicted molar refractivity (Wildman–Crippen MR) is 96.3 cm³/mol. The van der Waals surface area contributed by atoms with Crippen LogP contribution in [0, 0.1) is 5.82 Å². The van der Waals surface area contributed by atoms with Crippen LogP contribution < -0.4 is 9.47 Å². The lowest BCUT2D eigenvalue weighted by atomic mass is 10.2. The summed E-state index contributed by atoms with van der Waals surface area (Å²) in [4.78, 5) is 4.34. The van der Waals surface area contributed by atoms with Gasteiger partial charge in [0.1, 0.15) is 12.4 Å². The summed E-state index contributed by atoms with van der Waals surface area (Å²) in [5, 5.41) is 3.98. The molecule has 0 aliphatic carbocycles. The summed E-state index contributed by atoms with van der Waals surface area (Å²) >= 11 is 0. The number of halogens is 1. The van der Waals surface area contributed by atoms with Gasteiger partial charge in [-0.3, -0.25) is 0 Å². The SMILES string of the molecule is COc1cc(-c2noc(C=C(C)C)n2)ccc1OCc1ccc(F)cc1. The van der Waals surface area contributed by atoms with Gasteiger partial charge in [0.15, 0.2) is 11.5 Å². The summed E-state index contributed by atoms with van der Waals surface area (Å²) in [6.07, 6.45) is 1.81. The van der Waals surface area contributed by atoms with Crippen molar-refractivity contribution in [2.24, 2.45) is 0 Å². The maximum atomic E-state index is 13.0. The first-order valence-electron chi connectivity index (χ1n) is 8.09. The Balaban J connectivity index is 1.78. The Kier molecular flexibility index (Phi) is 5.31. The largest absolute Gasteiger partial charge is 0.493 e. The average molecular weight is 354 g/mol. The molecule has 3 rings (SSSR count). The molecule has 1 heterocycles. The van der Waals surface area contributed by atoms with Gasteiger partial charge in [0, 0.05) is 11.6 Å². The van der Waals surface area contributed by atoms with Crippen LogP contribution in [0.25, 0.3) is 17.5 Å². The van der Waals surface area contributed by atoms with Crippen molar-refractivity contribution < 1.29 is 18.4 Å². The molecule has 0 aliphatic rings. The zero-order chi connectivity index (χ0) is 18.5. The van der Waals surface area contributed by atoms with E-state index >= 15 is 0 Å². The highest BCUT2D eigenvalue weighted by Crippen LogP contribution is 2.32. The van der Waals surface area contributed by atoms with Crippen molar-refractivity contribution in [2.45, 2.75) is 20.5 Å². The first-order valence-corrected chi connectivity index (χ1v) is 8.09. The summed E-state index contributed by atoms with van der Waals surface area (Å²) in [6, 6.07) is 11.6. The van der Waals surface area contributed by atoms with Crippen molar-refractivity contribution in [3.8, 4) is 22.9 Å². The van der Waals surface area contributed by atoms with Gasteiger partial charge in [0.2, 0.25) is 5.82 Å². The molecule has 0 spiro atoms. The monoisotopic (exact) mass is 354 g/mol. The smallest absolute Gasteiger partial charge is 0.250 e. The van der Waals surface area contributed by atoms with Crippen LogP contribution >= 0.6 is 0 Å². The number of benzene rings is 2. The molecule has 0 saturated heterocycles. The molecule has 0 radical (unpaired) electrons. The second-order valence-corrected chi connectivity index (χ2v) is 5.96. The van der Waals surface area contributed by atoms with E-state index in [1.807, 2.05) is 26.0 Å². The molecule has 0 aliphatic heterocycles. The normalized spacial score (nSPS) is 10.5. The van der Waals surface area contributed by atoms with E-state index < -0.39 is 0 Å². The van der Waals surface area contributed by atoms with E-state index in [-0.39, 0.29) is 5.82 Å². The van der Waals surface area contributed by atoms with E-state index in [1.165, 1.54) is 12.1 Å². The van der Waals surface area contributed by atoms with Crippen molar-refractivity contribution in [1.82, 2.24) is 10.1 Å². The van der Waals surface area contributed by atoms with Crippen molar-refractivity contribution in [2.75, 3.05) is 7.11 Å². The van der Waals surface area contributed by atoms with Crippen LogP contribution in [0.3, 0.4) is 0 Å². The van der Waals surface area contributed by atoms with Crippen molar-refractivity contribution in [3.05, 3.63) is 65.3 Å². The lowest BCUT2D eigenvalue weighted by molar-refractivity contribution is 0.284. The zero-order valence-electron chi connectivity index (χ0n) is 14.8. The van der Waals surface area contributed by atoms with Gasteiger partial charge in [0.05, 0.1) is 7.11 Å². The Labute approximate surface area is 151 Å². The molecule has 0 fully saturated rings. The Morgan fingerprint density at radius 2 is 1.88 bits per heavy atom. The highest BCUT2D eigenvalue weighted by atomic mass is 19.1. The van der Waals surface area contributed by atoms with Crippen LogP contribution in [0.15, 0.2) is 52.6 Å². The summed E-state index contributed by atoms with van der Waals surface area (Å²) < 4.78 is 29.4. The molecule has 6 heteroatoms. The fraction of sp³-hybridized carbons (Fsp3) is 0.200. The number of nitrogens with zero attached hydrogens (tertiary/aromatic N) is 2. The number of rotatable bonds is 6. The third-order valence-electron chi connectivity index (χ3n) is 3.58. The summed E-state index contributed by atoms with van der Waals surface area (Å²) in [5.41, 5.74) is 2.69. The summed E-state index contributed by atoms with van der Waals surface area (Å²) in [6.45, 7) is 4.23. The minimum absolute atomic E-state index is 0.275. The molecule has 2 aromatic carbocycles. The van der Waals surface area contributed by atoms with E-state index in [0.717, 1.165) is 16.7 Å². The average Bonchev–Trinajstić information content (AvgIpc) is 3.09. The molecule has 5 nitrogen and oxygen atoms in total. The van der Waals surface area contributed by atoms with Crippen LogP contribution in [0.1, 0.15) is 25.3 Å². The van der Waals surface area contributed by atoms with Crippen molar-refractivity contribution in [3.63, 3.8) is 0 Å². The number of aromatic nitrogens is 2. The highest BCUT2D eigenvalue weighted by Gasteiger charge is 2.12. The molecule has 0 unspecified atom stereocenters. The molecule has 0 bridgehead atoms. The molecular weight excluding hydrogens is 335 g/mol. The van der Waals surface area contributed by atoms with Gasteiger partial charge in [-0.15, -0.1) is 0 Å². The summed E-state index contributed by atoms with van der Waals surface area (Å²) in [5.74, 6) is 1.78. The van der Waals surface area contributed by atoms with Crippen LogP contribution in [0.4, 0.5) is 4.39 Å². The van der Waals surface area contributed by atoms with E-state index in [0.29, 0.717) is 29.8 Å². The van der Waals surface area contributed by atoms with Gasteiger partial charge in [-0.1, -0.05) is 22.9 Å². The lowest BCUT2D eigenvalue weighted by Gasteiger charge is -2.11. The van der Waals surface area contributed by atoms with Crippen molar-refractivity contribution in [1.29, 1.82) is 0 Å². The topological polar surface area (TPSA) is 57.4 Å². The minimum Gasteiger partial charge on any atom is -0.493 e. The third-order valence-corrected chi connectivity index (χ3v) is 3.58. The number of allylic oxidation sites excluding steroid dienone is 1. The maximum absolute atomic E-state index is 13.0. The number of ether oxygens (including phenoxy) is 2. The van der Waals surface area contributed by atoms with E-state index in [4.69, 9.17) is 14.0 Å². The number of hydrogen-bond donors (Lipinski definition) is 0. The first kappa shape index (κ1) is 17.7. The highest BCUT2D eigenvalue weighted by molar-refractivity contribution is 5.61. The second kappa shape index (κ2) is 7.82. The van der Waals surface area contributed by atoms with E-state index in [9.17, 15) is 4.39 Å². The first-order chi connectivity index (χ1) is 12.5. The second-order valence-electron chi connectivity index (χ2n) is 5.96. The Morgan fingerprint density at radius 1 is 1.12 bits per heavy atom. The molecule has 1 aromatic heterocycles. The molecule has 0 atom stereocenters. The molecule has 0 N–H and O–H groups in total. The fourth-order valence-electron chi connectivity index (χ4n) is 2.33. The van der Waals surface area contributed by atoms with E-state index in [2.05, 4.69) is 10.1 Å². The van der Waals surface area contributed by atoms with Crippen LogP contribution in [0.2, 0.25) is 0 Å². The van der Waals surface area contributed by atoms with E-state index in [1.54, 1.807) is 31.4 Å². The number of methoxy groups -OCH3 is 1. The summed E-state index contributed by atoms with van der Waals surface area (Å²) in [7, 11) is 1.56. The van der Waals surface area contributed by atoms with Crippen LogP contribution in [-0.4, -0.2) is 17.3 Å². The molecule has 26 heavy (non-hydrogen) atoms. The quantitative estimate of drug-likeness (QED) is 0.631. The van der Waals surface area contributed by atoms with Gasteiger partial charge >= 0.3 is 0 Å². The van der Waals surface area contributed by atoms with Crippen LogP contribution in [0.5, 0.6) is 11.5 Å². The minimum atomic E-state index is -0.275. The molecular formula is C20H19FN2O3. The lowest BCUT2D eigenvalue weighted by Crippen LogP contribution is -1.98. The maximum Gasteiger partial charge on any atom is 0.250 e. The molecule has 3 aromatic rings. The van der Waals surface area contributed by atoms with Gasteiger partial charge in [-0.05, 0) is 49.7 Å². The predicted octanol–water partition coefficient (Wildman–Crippen LogP) is 4.89. The molecule has 0 saturated carbocycles. The Bertz CT molecular complexity index is 913. The Morgan fingerprint density at radius 3 is 2.58 bits per heavy atom. The molecule has 0 amide bonds. The molecule has 134 valence electrons. The Hall–Kier alpha value is -3.15. The van der Waals surface area contributed by atoms with Crippen LogP contribution in [-0.2, 0) is 6.61 Å². The fourth-order valence-corrected chi connectivity index (χ4v) is 2.33. The van der Waals surface area contributed by atoms with Gasteiger partial charge in [-0.25, -0.2) is 4.39 Å². The third kappa shape index (κ3) is 4.27. The number of hydrogen-bond acceptors (Lipinski definition) is 5. The zero-order valence-corrected chi connectivity index (χ0v) is 14.8.